The van der Waals surface area contributed by atoms with Gasteiger partial charge >= 0.3 is 0 Å². The minimum atomic E-state index is -0.208. The molecule has 1 amide bonds. The molecular formula is C12H8ClNO2S. The largest absolute Gasteiger partial charge is 0.321 e. The lowest BCUT2D eigenvalue weighted by Gasteiger charge is -2.03. The van der Waals surface area contributed by atoms with Gasteiger partial charge in [0, 0.05) is 11.3 Å². The average Bonchev–Trinajstić information content (AvgIpc) is 2.77. The van der Waals surface area contributed by atoms with E-state index in [0.29, 0.717) is 20.5 Å². The molecule has 0 saturated heterocycles. The number of rotatable bonds is 3. The Morgan fingerprint density at radius 3 is 2.41 bits per heavy atom. The zero-order valence-corrected chi connectivity index (χ0v) is 10.2. The summed E-state index contributed by atoms with van der Waals surface area (Å²) in [5.41, 5.74) is 1.22. The fourth-order valence-electron chi connectivity index (χ4n) is 1.27. The van der Waals surface area contributed by atoms with E-state index in [-0.39, 0.29) is 5.91 Å². The monoisotopic (exact) mass is 265 g/mol. The van der Waals surface area contributed by atoms with Gasteiger partial charge in [0.25, 0.3) is 5.91 Å². The standard InChI is InChI=1S/C12H8ClNO2S/c13-11-6-5-10(17-11)12(16)14-9-3-1-8(7-15)2-4-9/h1-7H,(H,14,16). The van der Waals surface area contributed by atoms with Crippen LogP contribution in [0.25, 0.3) is 0 Å². The number of benzene rings is 1. The first-order chi connectivity index (χ1) is 8.19. The molecule has 5 heteroatoms. The number of nitrogens with one attached hydrogen (secondary N) is 1. The van der Waals surface area contributed by atoms with Crippen molar-refractivity contribution < 1.29 is 9.59 Å². The quantitative estimate of drug-likeness (QED) is 0.864. The van der Waals surface area contributed by atoms with E-state index in [9.17, 15) is 9.59 Å². The Morgan fingerprint density at radius 2 is 1.88 bits per heavy atom. The van der Waals surface area contributed by atoms with Crippen molar-refractivity contribution in [2.75, 3.05) is 5.32 Å². The SMILES string of the molecule is O=Cc1ccc(NC(=O)c2ccc(Cl)s2)cc1. The third kappa shape index (κ3) is 2.93. The molecule has 0 spiro atoms. The van der Waals surface area contributed by atoms with Crippen molar-refractivity contribution in [1.29, 1.82) is 0 Å². The van der Waals surface area contributed by atoms with Crippen LogP contribution in [-0.2, 0) is 0 Å². The maximum atomic E-state index is 11.8. The van der Waals surface area contributed by atoms with Gasteiger partial charge in [0.05, 0.1) is 9.21 Å². The molecule has 1 aromatic carbocycles. The summed E-state index contributed by atoms with van der Waals surface area (Å²) < 4.78 is 0.575. The molecule has 0 fully saturated rings. The van der Waals surface area contributed by atoms with E-state index in [1.165, 1.54) is 11.3 Å². The van der Waals surface area contributed by atoms with Crippen LogP contribution >= 0.6 is 22.9 Å². The van der Waals surface area contributed by atoms with Crippen LogP contribution in [-0.4, -0.2) is 12.2 Å². The second-order valence-electron chi connectivity index (χ2n) is 3.30. The Balaban J connectivity index is 2.10. The van der Waals surface area contributed by atoms with Gasteiger partial charge in [0.2, 0.25) is 0 Å². The van der Waals surface area contributed by atoms with Crippen molar-refractivity contribution in [3.8, 4) is 0 Å². The number of halogens is 1. The zero-order valence-electron chi connectivity index (χ0n) is 8.64. The summed E-state index contributed by atoms with van der Waals surface area (Å²) in [6, 6.07) is 9.99. The molecule has 0 aliphatic carbocycles. The third-order valence-corrected chi connectivity index (χ3v) is 3.33. The van der Waals surface area contributed by atoms with Crippen LogP contribution in [0.5, 0.6) is 0 Å². The number of thiophene rings is 1. The molecule has 1 heterocycles. The van der Waals surface area contributed by atoms with Crippen LogP contribution in [0.3, 0.4) is 0 Å². The lowest BCUT2D eigenvalue weighted by atomic mass is 10.2. The Morgan fingerprint density at radius 1 is 1.18 bits per heavy atom. The Kier molecular flexibility index (Phi) is 3.56. The lowest BCUT2D eigenvalue weighted by molar-refractivity contribution is 0.103. The molecule has 2 rings (SSSR count). The second kappa shape index (κ2) is 5.12. The highest BCUT2D eigenvalue weighted by Crippen LogP contribution is 2.22. The topological polar surface area (TPSA) is 46.2 Å². The molecule has 0 atom stereocenters. The van der Waals surface area contributed by atoms with Gasteiger partial charge in [-0.25, -0.2) is 0 Å². The third-order valence-electron chi connectivity index (χ3n) is 2.10. The maximum absolute atomic E-state index is 11.8. The first kappa shape index (κ1) is 11.8. The van der Waals surface area contributed by atoms with E-state index < -0.39 is 0 Å². The summed E-state index contributed by atoms with van der Waals surface area (Å²) in [5, 5.41) is 2.72. The van der Waals surface area contributed by atoms with Gasteiger partial charge in [-0.3, -0.25) is 9.59 Å². The summed E-state index contributed by atoms with van der Waals surface area (Å²) >= 11 is 6.97. The molecule has 86 valence electrons. The van der Waals surface area contributed by atoms with Crippen LogP contribution in [0.1, 0.15) is 20.0 Å². The highest BCUT2D eigenvalue weighted by atomic mass is 35.5. The number of hydrogen-bond donors (Lipinski definition) is 1. The highest BCUT2D eigenvalue weighted by Gasteiger charge is 2.08. The first-order valence-electron chi connectivity index (χ1n) is 4.81. The number of amides is 1. The summed E-state index contributed by atoms with van der Waals surface area (Å²) in [6.07, 6.45) is 0.755. The first-order valence-corrected chi connectivity index (χ1v) is 6.00. The van der Waals surface area contributed by atoms with Gasteiger partial charge in [0.15, 0.2) is 0 Å². The zero-order chi connectivity index (χ0) is 12.3. The van der Waals surface area contributed by atoms with E-state index in [1.54, 1.807) is 36.4 Å². The van der Waals surface area contributed by atoms with Gasteiger partial charge in [-0.2, -0.15) is 0 Å². The van der Waals surface area contributed by atoms with Crippen molar-refractivity contribution in [3.05, 3.63) is 51.2 Å². The van der Waals surface area contributed by atoms with Crippen LogP contribution in [0.2, 0.25) is 4.34 Å². The van der Waals surface area contributed by atoms with E-state index in [2.05, 4.69) is 5.32 Å². The molecule has 0 unspecified atom stereocenters. The molecule has 0 saturated carbocycles. The van der Waals surface area contributed by atoms with Crippen LogP contribution < -0.4 is 5.32 Å². The van der Waals surface area contributed by atoms with Crippen LogP contribution in [0.4, 0.5) is 5.69 Å². The number of aldehydes is 1. The van der Waals surface area contributed by atoms with Gasteiger partial charge in [-0.1, -0.05) is 11.6 Å². The van der Waals surface area contributed by atoms with Gasteiger partial charge in [-0.05, 0) is 36.4 Å². The fraction of sp³-hybridized carbons (Fsp3) is 0. The normalized spacial score (nSPS) is 9.94. The van der Waals surface area contributed by atoms with Gasteiger partial charge in [-0.15, -0.1) is 11.3 Å². The van der Waals surface area contributed by atoms with Crippen molar-refractivity contribution in [1.82, 2.24) is 0 Å². The molecule has 0 aliphatic heterocycles. The molecule has 0 radical (unpaired) electrons. The van der Waals surface area contributed by atoms with Crippen molar-refractivity contribution in [3.63, 3.8) is 0 Å². The average molecular weight is 266 g/mol. The van der Waals surface area contributed by atoms with Crippen molar-refractivity contribution in [2.45, 2.75) is 0 Å². The summed E-state index contributed by atoms with van der Waals surface area (Å²) in [6.45, 7) is 0. The summed E-state index contributed by atoms with van der Waals surface area (Å²) in [7, 11) is 0. The number of anilines is 1. The summed E-state index contributed by atoms with van der Waals surface area (Å²) in [4.78, 5) is 22.8. The van der Waals surface area contributed by atoms with Gasteiger partial charge in [0.1, 0.15) is 6.29 Å². The number of carbonyl (C=O) groups is 2. The van der Waals surface area contributed by atoms with Gasteiger partial charge < -0.3 is 5.32 Å². The van der Waals surface area contributed by atoms with Crippen LogP contribution in [0, 0.1) is 0 Å². The molecule has 0 bridgehead atoms. The molecule has 1 N–H and O–H groups in total. The fourth-order valence-corrected chi connectivity index (χ4v) is 2.21. The predicted molar refractivity (Wildman–Crippen MR) is 69.1 cm³/mol. The number of hydrogen-bond acceptors (Lipinski definition) is 3. The minimum absolute atomic E-state index is 0.208. The van der Waals surface area contributed by atoms with Crippen LogP contribution in [0.15, 0.2) is 36.4 Å². The van der Waals surface area contributed by atoms with E-state index in [1.807, 2.05) is 0 Å². The maximum Gasteiger partial charge on any atom is 0.265 e. The Bertz CT molecular complexity index is 548. The van der Waals surface area contributed by atoms with E-state index in [0.717, 1.165) is 6.29 Å². The molecule has 2 aromatic rings. The smallest absolute Gasteiger partial charge is 0.265 e. The Labute approximate surface area is 107 Å². The minimum Gasteiger partial charge on any atom is -0.321 e. The van der Waals surface area contributed by atoms with E-state index >= 15 is 0 Å². The van der Waals surface area contributed by atoms with Crippen molar-refractivity contribution >= 4 is 40.8 Å². The highest BCUT2D eigenvalue weighted by molar-refractivity contribution is 7.18. The lowest BCUT2D eigenvalue weighted by Crippen LogP contribution is -2.09. The molecule has 17 heavy (non-hydrogen) atoms. The molecule has 1 aromatic heterocycles. The van der Waals surface area contributed by atoms with E-state index in [4.69, 9.17) is 11.6 Å². The summed E-state index contributed by atoms with van der Waals surface area (Å²) in [5.74, 6) is -0.208. The molecule has 0 aliphatic rings. The second-order valence-corrected chi connectivity index (χ2v) is 5.01. The molecular weight excluding hydrogens is 258 g/mol. The van der Waals surface area contributed by atoms with Crippen molar-refractivity contribution in [2.24, 2.45) is 0 Å². The number of carbonyl (C=O) groups excluding carboxylic acids is 2. The Hall–Kier alpha value is -1.65. The predicted octanol–water partition coefficient (Wildman–Crippen LogP) is 3.47. The molecule has 3 nitrogen and oxygen atoms in total.